The second kappa shape index (κ2) is 10.9. The fourth-order valence-electron chi connectivity index (χ4n) is 4.73. The van der Waals surface area contributed by atoms with Crippen molar-refractivity contribution in [2.75, 3.05) is 18.4 Å². The van der Waals surface area contributed by atoms with Crippen molar-refractivity contribution in [2.24, 2.45) is 0 Å². The molecule has 0 saturated heterocycles. The molecule has 204 valence electrons. The Morgan fingerprint density at radius 1 is 1.23 bits per heavy atom. The lowest BCUT2D eigenvalue weighted by molar-refractivity contribution is 0.0287. The van der Waals surface area contributed by atoms with Gasteiger partial charge in [-0.2, -0.15) is 0 Å². The van der Waals surface area contributed by atoms with Gasteiger partial charge < -0.3 is 20.1 Å². The number of ether oxygens (including phenoxy) is 1. The molecule has 1 saturated carbocycles. The number of carbonyl (C=O) groups excluding carboxylic acids is 1. The van der Waals surface area contributed by atoms with Gasteiger partial charge in [-0.05, 0) is 63.3 Å². The highest BCUT2D eigenvalue weighted by atomic mass is 35.5. The number of hydrogen-bond donors (Lipinski definition) is 2. The van der Waals surface area contributed by atoms with E-state index in [1.165, 1.54) is 22.7 Å². The number of carbonyl (C=O) groups is 2. The van der Waals surface area contributed by atoms with Crippen LogP contribution in [0.25, 0.3) is 11.2 Å². The maximum atomic E-state index is 13.4. The van der Waals surface area contributed by atoms with Crippen molar-refractivity contribution in [3.63, 3.8) is 0 Å². The van der Waals surface area contributed by atoms with E-state index >= 15 is 0 Å². The quantitative estimate of drug-likeness (QED) is 0.379. The van der Waals surface area contributed by atoms with E-state index in [2.05, 4.69) is 10.3 Å². The number of aromatic carboxylic acids is 1. The first kappa shape index (κ1) is 27.0. The number of hydrogen-bond acceptors (Lipinski definition) is 7. The van der Waals surface area contributed by atoms with E-state index in [1.54, 1.807) is 17.9 Å². The van der Waals surface area contributed by atoms with Gasteiger partial charge >= 0.3 is 12.1 Å². The van der Waals surface area contributed by atoms with Crippen LogP contribution in [0.2, 0.25) is 10.2 Å². The van der Waals surface area contributed by atoms with Crippen molar-refractivity contribution in [2.45, 2.75) is 51.7 Å². The molecule has 1 atom stereocenters. The molecular weight excluding hydrogens is 545 g/mol. The van der Waals surface area contributed by atoms with Crippen LogP contribution in [0.15, 0.2) is 35.3 Å². The van der Waals surface area contributed by atoms with Gasteiger partial charge in [0, 0.05) is 30.4 Å². The molecule has 5 rings (SSSR count). The number of rotatable bonds is 6. The smallest absolute Gasteiger partial charge is 0.410 e. The second-order valence-electron chi connectivity index (χ2n) is 9.76. The highest BCUT2D eigenvalue weighted by molar-refractivity contribution is 6.30. The Hall–Kier alpha value is -3.63. The van der Waals surface area contributed by atoms with Crippen LogP contribution < -0.4 is 10.9 Å². The zero-order valence-corrected chi connectivity index (χ0v) is 22.9. The number of fused-ring (bicyclic) bond motifs is 1. The third-order valence-electron chi connectivity index (χ3n) is 7.14. The number of carboxylic acids is 1. The summed E-state index contributed by atoms with van der Waals surface area (Å²) in [5, 5.41) is 13.1. The van der Waals surface area contributed by atoms with Gasteiger partial charge in [-0.25, -0.2) is 19.6 Å². The fraction of sp³-hybridized carbons (Fsp3) is 0.370. The molecule has 0 radical (unpaired) electrons. The zero-order chi connectivity index (χ0) is 27.8. The van der Waals surface area contributed by atoms with Crippen LogP contribution in [0.1, 0.15) is 66.0 Å². The molecule has 1 amide bonds. The van der Waals surface area contributed by atoms with Crippen LogP contribution in [0.4, 0.5) is 10.5 Å². The maximum Gasteiger partial charge on any atom is 0.410 e. The minimum atomic E-state index is -1.23. The van der Waals surface area contributed by atoms with E-state index in [0.717, 1.165) is 24.8 Å². The molecule has 1 aliphatic carbocycles. The minimum Gasteiger partial charge on any atom is -0.476 e. The van der Waals surface area contributed by atoms with Crippen molar-refractivity contribution in [1.82, 2.24) is 19.3 Å². The molecule has 1 aliphatic heterocycles. The first-order valence-electron chi connectivity index (χ1n) is 12.7. The monoisotopic (exact) mass is 571 g/mol. The van der Waals surface area contributed by atoms with Crippen molar-refractivity contribution in [3.05, 3.63) is 73.5 Å². The van der Waals surface area contributed by atoms with Crippen LogP contribution in [-0.4, -0.2) is 55.6 Å². The van der Waals surface area contributed by atoms with Crippen LogP contribution in [-0.2, 0) is 4.74 Å². The summed E-state index contributed by atoms with van der Waals surface area (Å²) < 4.78 is 6.92. The highest BCUT2D eigenvalue weighted by Crippen LogP contribution is 2.30. The van der Waals surface area contributed by atoms with Gasteiger partial charge in [-0.1, -0.05) is 29.3 Å². The predicted octanol–water partition coefficient (Wildman–Crippen LogP) is 5.35. The molecule has 12 heteroatoms. The molecule has 0 aromatic carbocycles. The molecule has 3 aromatic rings. The first-order chi connectivity index (χ1) is 18.6. The van der Waals surface area contributed by atoms with Gasteiger partial charge in [-0.15, -0.1) is 0 Å². The number of anilines is 1. The summed E-state index contributed by atoms with van der Waals surface area (Å²) in [4.78, 5) is 48.0. The van der Waals surface area contributed by atoms with E-state index in [9.17, 15) is 19.5 Å². The summed E-state index contributed by atoms with van der Waals surface area (Å²) in [5.41, 5.74) is 2.64. The fourth-order valence-corrected chi connectivity index (χ4v) is 5.09. The van der Waals surface area contributed by atoms with Gasteiger partial charge in [0.05, 0.1) is 22.4 Å². The van der Waals surface area contributed by atoms with Crippen molar-refractivity contribution in [1.29, 1.82) is 0 Å². The molecule has 0 bridgehead atoms. The number of halogens is 2. The Morgan fingerprint density at radius 3 is 2.64 bits per heavy atom. The Labute approximate surface area is 234 Å². The Morgan fingerprint density at radius 2 is 2.00 bits per heavy atom. The largest absolute Gasteiger partial charge is 0.476 e. The number of nitrogens with one attached hydrogen (secondary N) is 1. The Kier molecular flexibility index (Phi) is 7.51. The highest BCUT2D eigenvalue weighted by Gasteiger charge is 2.27. The molecule has 2 aliphatic rings. The molecule has 39 heavy (non-hydrogen) atoms. The predicted molar refractivity (Wildman–Crippen MR) is 148 cm³/mol. The third-order valence-corrected chi connectivity index (χ3v) is 7.56. The summed E-state index contributed by atoms with van der Waals surface area (Å²) in [6.45, 7) is 4.36. The van der Waals surface area contributed by atoms with Gasteiger partial charge in [0.25, 0.3) is 5.56 Å². The average molecular weight is 572 g/mol. The van der Waals surface area contributed by atoms with Crippen molar-refractivity contribution in [3.8, 4) is 0 Å². The van der Waals surface area contributed by atoms with Gasteiger partial charge in [0.15, 0.2) is 5.69 Å². The zero-order valence-electron chi connectivity index (χ0n) is 21.4. The normalized spacial score (nSPS) is 16.4. The molecular formula is C27H27Cl2N5O5. The second-order valence-corrected chi connectivity index (χ2v) is 10.6. The van der Waals surface area contributed by atoms with E-state index in [4.69, 9.17) is 32.9 Å². The lowest BCUT2D eigenvalue weighted by atomic mass is 9.96. The molecule has 0 unspecified atom stereocenters. The Bertz CT molecular complexity index is 1570. The van der Waals surface area contributed by atoms with Crippen LogP contribution in [0.3, 0.4) is 0 Å². The summed E-state index contributed by atoms with van der Waals surface area (Å²) >= 11 is 12.3. The van der Waals surface area contributed by atoms with Gasteiger partial charge in [0.2, 0.25) is 0 Å². The molecule has 2 N–H and O–H groups in total. The minimum absolute atomic E-state index is 0.0170. The number of nitrogens with zero attached hydrogens (tertiary/aromatic N) is 4. The molecule has 4 heterocycles. The average Bonchev–Trinajstić information content (AvgIpc) is 2.89. The maximum absolute atomic E-state index is 13.4. The van der Waals surface area contributed by atoms with Crippen molar-refractivity contribution >= 4 is 52.2 Å². The van der Waals surface area contributed by atoms with Gasteiger partial charge in [0.1, 0.15) is 16.9 Å². The lowest BCUT2D eigenvalue weighted by Crippen LogP contribution is -2.39. The topological polar surface area (TPSA) is 126 Å². The van der Waals surface area contributed by atoms with E-state index in [1.807, 2.05) is 13.0 Å². The number of pyridine rings is 2. The molecule has 3 aromatic heterocycles. The Balaban J connectivity index is 1.49. The van der Waals surface area contributed by atoms with Crippen LogP contribution >= 0.6 is 23.2 Å². The lowest BCUT2D eigenvalue weighted by Gasteiger charge is -2.31. The molecule has 10 nitrogen and oxygen atoms in total. The van der Waals surface area contributed by atoms with Crippen molar-refractivity contribution < 1.29 is 19.4 Å². The summed E-state index contributed by atoms with van der Waals surface area (Å²) in [6, 6.07) is 4.21. The number of carboxylic acid groups (broad SMARTS) is 1. The third kappa shape index (κ3) is 5.44. The first-order valence-corrected chi connectivity index (χ1v) is 13.4. The van der Waals surface area contributed by atoms with E-state index in [-0.39, 0.29) is 34.3 Å². The van der Waals surface area contributed by atoms with E-state index < -0.39 is 12.0 Å². The van der Waals surface area contributed by atoms with E-state index in [0.29, 0.717) is 47.0 Å². The summed E-state index contributed by atoms with van der Waals surface area (Å²) in [6.07, 6.45) is 6.57. The van der Waals surface area contributed by atoms with Crippen LogP contribution in [0.5, 0.6) is 0 Å². The van der Waals surface area contributed by atoms with Gasteiger partial charge in [-0.3, -0.25) is 9.20 Å². The summed E-state index contributed by atoms with van der Waals surface area (Å²) in [7, 11) is 0. The van der Waals surface area contributed by atoms with Crippen LogP contribution in [0, 0.1) is 6.92 Å². The summed E-state index contributed by atoms with van der Waals surface area (Å²) in [5.74, 6) is -1.23. The standard InChI is InChI=1S/C27H27Cl2N5O5/c1-14-22(16-8-10-33(11-9-16)27(38)39-18-4-3-5-18)32-24-19(12-17(28)13-34(24)25(14)35)15(2)30-20-6-7-21(29)31-23(20)26(36)37/h6-8,12-13,15,18,30H,3-5,9-11H2,1-2H3,(H,36,37)/t15-/m1/s1. The molecule has 1 fully saturated rings. The number of aromatic nitrogens is 3. The molecule has 0 spiro atoms. The SMILES string of the molecule is Cc1c(C2=CCN(C(=O)OC3CCC3)CC2)nc2c([C@@H](C)Nc3ccc(Cl)nc3C(=O)O)cc(Cl)cn2c1=O. The number of amides is 1.